The van der Waals surface area contributed by atoms with Crippen molar-refractivity contribution in [2.45, 2.75) is 17.1 Å². The number of rotatable bonds is 5. The first-order valence-corrected chi connectivity index (χ1v) is 9.34. The molecule has 0 saturated carbocycles. The molecular weight excluding hydrogens is 362 g/mol. The molecule has 3 rings (SSSR count). The van der Waals surface area contributed by atoms with Gasteiger partial charge in [-0.1, -0.05) is 11.6 Å². The van der Waals surface area contributed by atoms with Crippen LogP contribution >= 0.6 is 34.7 Å². The van der Waals surface area contributed by atoms with Gasteiger partial charge in [-0.25, -0.2) is 4.98 Å². The summed E-state index contributed by atoms with van der Waals surface area (Å²) in [6.45, 7) is 1.87. The molecule has 3 aromatic rings. The van der Waals surface area contributed by atoms with E-state index in [0.29, 0.717) is 10.2 Å². The minimum absolute atomic E-state index is 0.0782. The van der Waals surface area contributed by atoms with E-state index in [1.54, 1.807) is 12.4 Å². The van der Waals surface area contributed by atoms with E-state index in [9.17, 15) is 4.79 Å². The van der Waals surface area contributed by atoms with Crippen LogP contribution in [0.5, 0.6) is 0 Å². The summed E-state index contributed by atoms with van der Waals surface area (Å²) in [5, 5.41) is 5.83. The SMILES string of the molecule is C[C@H](Sc1ccc(Cl)cc1)C(=O)Nc1nc(-c2ccncc2)cs1. The summed E-state index contributed by atoms with van der Waals surface area (Å²) in [5.74, 6) is -0.0782. The second-order valence-corrected chi connectivity index (χ2v) is 7.69. The van der Waals surface area contributed by atoms with E-state index in [-0.39, 0.29) is 11.2 Å². The van der Waals surface area contributed by atoms with Crippen molar-refractivity contribution in [3.63, 3.8) is 0 Å². The second-order valence-electron chi connectivity index (χ2n) is 4.98. The first-order valence-electron chi connectivity index (χ1n) is 7.21. The number of aromatic nitrogens is 2. The standard InChI is InChI=1S/C17H14ClN3OS2/c1-11(24-14-4-2-13(18)3-5-14)16(22)21-17-20-15(10-23-17)12-6-8-19-9-7-12/h2-11H,1H3,(H,20,21,22)/t11-/m0/s1. The fourth-order valence-electron chi connectivity index (χ4n) is 1.96. The maximum atomic E-state index is 12.3. The van der Waals surface area contributed by atoms with E-state index in [1.165, 1.54) is 23.1 Å². The Hall–Kier alpha value is -1.89. The summed E-state index contributed by atoms with van der Waals surface area (Å²) in [6, 6.07) is 11.2. The summed E-state index contributed by atoms with van der Waals surface area (Å²) < 4.78 is 0. The van der Waals surface area contributed by atoms with Crippen molar-refractivity contribution in [2.24, 2.45) is 0 Å². The van der Waals surface area contributed by atoms with Crippen LogP contribution in [0.15, 0.2) is 59.1 Å². The molecular formula is C17H14ClN3OS2. The maximum Gasteiger partial charge on any atom is 0.239 e. The molecule has 0 aliphatic carbocycles. The third-order valence-corrected chi connectivity index (χ3v) is 5.33. The molecule has 7 heteroatoms. The van der Waals surface area contributed by atoms with Crippen LogP contribution < -0.4 is 5.32 Å². The van der Waals surface area contributed by atoms with Gasteiger partial charge in [0.1, 0.15) is 0 Å². The molecule has 0 radical (unpaired) electrons. The molecule has 1 aromatic carbocycles. The van der Waals surface area contributed by atoms with Gasteiger partial charge in [-0.15, -0.1) is 23.1 Å². The first kappa shape index (κ1) is 17.0. The van der Waals surface area contributed by atoms with Gasteiger partial charge in [0.25, 0.3) is 0 Å². The Morgan fingerprint density at radius 1 is 1.21 bits per heavy atom. The number of halogens is 1. The molecule has 1 amide bonds. The lowest BCUT2D eigenvalue weighted by molar-refractivity contribution is -0.115. The number of thioether (sulfide) groups is 1. The highest BCUT2D eigenvalue weighted by atomic mass is 35.5. The molecule has 0 aliphatic heterocycles. The Balaban J connectivity index is 1.62. The van der Waals surface area contributed by atoms with Crippen LogP contribution in [0.25, 0.3) is 11.3 Å². The number of anilines is 1. The highest BCUT2D eigenvalue weighted by Gasteiger charge is 2.16. The van der Waals surface area contributed by atoms with Crippen LogP contribution in [0.2, 0.25) is 5.02 Å². The number of thiazole rings is 1. The molecule has 4 nitrogen and oxygen atoms in total. The zero-order valence-corrected chi connectivity index (χ0v) is 15.2. The number of amides is 1. The summed E-state index contributed by atoms with van der Waals surface area (Å²) in [7, 11) is 0. The topological polar surface area (TPSA) is 54.9 Å². The fraction of sp³-hybridized carbons (Fsp3) is 0.118. The number of nitrogens with zero attached hydrogens (tertiary/aromatic N) is 2. The summed E-state index contributed by atoms with van der Waals surface area (Å²) in [6.07, 6.45) is 3.44. The van der Waals surface area contributed by atoms with Crippen LogP contribution in [-0.2, 0) is 4.79 Å². The number of hydrogen-bond acceptors (Lipinski definition) is 5. The van der Waals surface area contributed by atoms with Gasteiger partial charge in [-0.05, 0) is 43.3 Å². The van der Waals surface area contributed by atoms with Gasteiger partial charge in [0, 0.05) is 33.3 Å². The monoisotopic (exact) mass is 375 g/mol. The van der Waals surface area contributed by atoms with Crippen molar-refractivity contribution in [3.05, 3.63) is 59.2 Å². The van der Waals surface area contributed by atoms with Crippen LogP contribution in [0, 0.1) is 0 Å². The lowest BCUT2D eigenvalue weighted by atomic mass is 10.2. The molecule has 0 bridgehead atoms. The summed E-state index contributed by atoms with van der Waals surface area (Å²) >= 11 is 8.76. The van der Waals surface area contributed by atoms with E-state index in [1.807, 2.05) is 48.7 Å². The van der Waals surface area contributed by atoms with Gasteiger partial charge >= 0.3 is 0 Å². The van der Waals surface area contributed by atoms with Crippen molar-refractivity contribution >= 4 is 45.7 Å². The lowest BCUT2D eigenvalue weighted by Gasteiger charge is -2.10. The normalized spacial score (nSPS) is 11.9. The van der Waals surface area contributed by atoms with Gasteiger partial charge in [0.15, 0.2) is 5.13 Å². The quantitative estimate of drug-likeness (QED) is 0.639. The summed E-state index contributed by atoms with van der Waals surface area (Å²) in [5.41, 5.74) is 1.81. The van der Waals surface area contributed by atoms with E-state index < -0.39 is 0 Å². The zero-order chi connectivity index (χ0) is 16.9. The van der Waals surface area contributed by atoms with Crippen LogP contribution in [0.1, 0.15) is 6.92 Å². The molecule has 0 unspecified atom stereocenters. The van der Waals surface area contributed by atoms with E-state index in [2.05, 4.69) is 15.3 Å². The Labute approximate surface area is 153 Å². The smallest absolute Gasteiger partial charge is 0.239 e. The number of carbonyl (C=O) groups is 1. The van der Waals surface area contributed by atoms with Crippen molar-refractivity contribution in [1.29, 1.82) is 0 Å². The number of carbonyl (C=O) groups excluding carboxylic acids is 1. The molecule has 24 heavy (non-hydrogen) atoms. The minimum atomic E-state index is -0.237. The molecule has 2 heterocycles. The maximum absolute atomic E-state index is 12.3. The molecule has 2 aromatic heterocycles. The van der Waals surface area contributed by atoms with Crippen molar-refractivity contribution in [2.75, 3.05) is 5.32 Å². The first-order chi connectivity index (χ1) is 11.6. The van der Waals surface area contributed by atoms with Gasteiger partial charge in [-0.2, -0.15) is 0 Å². The van der Waals surface area contributed by atoms with Gasteiger partial charge in [-0.3, -0.25) is 9.78 Å². The average molecular weight is 376 g/mol. The Morgan fingerprint density at radius 2 is 1.92 bits per heavy atom. The van der Waals surface area contributed by atoms with Gasteiger partial charge < -0.3 is 5.32 Å². The lowest BCUT2D eigenvalue weighted by Crippen LogP contribution is -2.22. The predicted octanol–water partition coefficient (Wildman–Crippen LogP) is 4.98. The second kappa shape index (κ2) is 7.79. The highest BCUT2D eigenvalue weighted by molar-refractivity contribution is 8.00. The van der Waals surface area contributed by atoms with Crippen molar-refractivity contribution in [1.82, 2.24) is 9.97 Å². The predicted molar refractivity (Wildman–Crippen MR) is 101 cm³/mol. The Bertz CT molecular complexity index is 821. The highest BCUT2D eigenvalue weighted by Crippen LogP contribution is 2.27. The minimum Gasteiger partial charge on any atom is -0.301 e. The number of pyridine rings is 1. The number of benzene rings is 1. The molecule has 0 spiro atoms. The van der Waals surface area contributed by atoms with Crippen LogP contribution in [-0.4, -0.2) is 21.1 Å². The van der Waals surface area contributed by atoms with E-state index in [0.717, 1.165) is 16.2 Å². The molecule has 122 valence electrons. The molecule has 1 atom stereocenters. The van der Waals surface area contributed by atoms with Crippen molar-refractivity contribution < 1.29 is 4.79 Å². The average Bonchev–Trinajstić information content (AvgIpc) is 3.06. The van der Waals surface area contributed by atoms with Crippen LogP contribution in [0.3, 0.4) is 0 Å². The molecule has 0 saturated heterocycles. The fourth-order valence-corrected chi connectivity index (χ4v) is 3.68. The molecule has 0 fully saturated rings. The van der Waals surface area contributed by atoms with Gasteiger partial charge in [0.05, 0.1) is 10.9 Å². The third kappa shape index (κ3) is 4.35. The van der Waals surface area contributed by atoms with Gasteiger partial charge in [0.2, 0.25) is 5.91 Å². The van der Waals surface area contributed by atoms with E-state index >= 15 is 0 Å². The van der Waals surface area contributed by atoms with E-state index in [4.69, 9.17) is 11.6 Å². The largest absolute Gasteiger partial charge is 0.301 e. The number of hydrogen-bond donors (Lipinski definition) is 1. The third-order valence-electron chi connectivity index (χ3n) is 3.21. The Morgan fingerprint density at radius 3 is 2.62 bits per heavy atom. The van der Waals surface area contributed by atoms with Crippen molar-refractivity contribution in [3.8, 4) is 11.3 Å². The zero-order valence-electron chi connectivity index (χ0n) is 12.8. The Kier molecular flexibility index (Phi) is 5.50. The molecule has 1 N–H and O–H groups in total. The number of nitrogens with one attached hydrogen (secondary N) is 1. The molecule has 0 aliphatic rings. The summed E-state index contributed by atoms with van der Waals surface area (Å²) in [4.78, 5) is 21.8. The van der Waals surface area contributed by atoms with Crippen LogP contribution in [0.4, 0.5) is 5.13 Å².